The highest BCUT2D eigenvalue weighted by molar-refractivity contribution is 5.95. The minimum absolute atomic E-state index is 0.0268. The Balaban J connectivity index is 1.67. The molecule has 0 saturated carbocycles. The third kappa shape index (κ3) is 3.74. The quantitative estimate of drug-likeness (QED) is 0.701. The Bertz CT molecular complexity index is 925. The average Bonchev–Trinajstić information content (AvgIpc) is 3.12. The van der Waals surface area contributed by atoms with Gasteiger partial charge in [0.1, 0.15) is 18.5 Å². The molecule has 138 valence electrons. The number of rotatable bonds is 3. The lowest BCUT2D eigenvalue weighted by Gasteiger charge is -2.31. The standard InChI is InChI=1S/C21H21FN4O/c22-18-8-4-6-16(12-18)20-10-2-1-3-11-26(20)21(27)17-7-5-9-19(13-17)25-14-23-24-15-25/h4-9,12-15,20H,1-3,10-11H2/t20-/m0/s1. The van der Waals surface area contributed by atoms with E-state index in [1.807, 2.05) is 35.2 Å². The van der Waals surface area contributed by atoms with E-state index in [1.165, 1.54) is 6.07 Å². The number of hydrogen-bond acceptors (Lipinski definition) is 3. The Morgan fingerprint density at radius 1 is 1.00 bits per heavy atom. The molecule has 1 atom stereocenters. The monoisotopic (exact) mass is 364 g/mol. The summed E-state index contributed by atoms with van der Waals surface area (Å²) >= 11 is 0. The maximum Gasteiger partial charge on any atom is 0.254 e. The van der Waals surface area contributed by atoms with Gasteiger partial charge in [0.05, 0.1) is 6.04 Å². The summed E-state index contributed by atoms with van der Waals surface area (Å²) in [4.78, 5) is 15.2. The van der Waals surface area contributed by atoms with Crippen molar-refractivity contribution in [2.75, 3.05) is 6.54 Å². The smallest absolute Gasteiger partial charge is 0.254 e. The predicted molar refractivity (Wildman–Crippen MR) is 100 cm³/mol. The summed E-state index contributed by atoms with van der Waals surface area (Å²) in [5.74, 6) is -0.292. The summed E-state index contributed by atoms with van der Waals surface area (Å²) in [5, 5.41) is 7.63. The van der Waals surface area contributed by atoms with Gasteiger partial charge in [0.25, 0.3) is 5.91 Å². The van der Waals surface area contributed by atoms with E-state index in [0.29, 0.717) is 12.1 Å². The van der Waals surface area contributed by atoms with Gasteiger partial charge in [-0.2, -0.15) is 0 Å². The average molecular weight is 364 g/mol. The number of benzene rings is 2. The molecule has 3 aromatic rings. The number of likely N-dealkylation sites (tertiary alicyclic amines) is 1. The maximum absolute atomic E-state index is 13.8. The van der Waals surface area contributed by atoms with Crippen molar-refractivity contribution in [2.45, 2.75) is 31.7 Å². The zero-order valence-electron chi connectivity index (χ0n) is 15.0. The van der Waals surface area contributed by atoms with Crippen molar-refractivity contribution in [3.05, 3.63) is 78.1 Å². The van der Waals surface area contributed by atoms with Gasteiger partial charge in [-0.1, -0.05) is 31.0 Å². The number of amides is 1. The van der Waals surface area contributed by atoms with Crippen LogP contribution in [0.2, 0.25) is 0 Å². The van der Waals surface area contributed by atoms with Gasteiger partial charge in [-0.15, -0.1) is 10.2 Å². The van der Waals surface area contributed by atoms with Crippen molar-refractivity contribution < 1.29 is 9.18 Å². The van der Waals surface area contributed by atoms with Gasteiger partial charge in [0.15, 0.2) is 0 Å². The van der Waals surface area contributed by atoms with Gasteiger partial charge in [0.2, 0.25) is 0 Å². The van der Waals surface area contributed by atoms with E-state index in [-0.39, 0.29) is 17.8 Å². The first-order chi connectivity index (χ1) is 13.2. The molecule has 1 aliphatic rings. The van der Waals surface area contributed by atoms with E-state index >= 15 is 0 Å². The van der Waals surface area contributed by atoms with Crippen molar-refractivity contribution in [1.29, 1.82) is 0 Å². The van der Waals surface area contributed by atoms with Crippen LogP contribution in [0, 0.1) is 5.82 Å². The molecule has 1 fully saturated rings. The first-order valence-electron chi connectivity index (χ1n) is 9.24. The van der Waals surface area contributed by atoms with E-state index in [1.54, 1.807) is 29.4 Å². The Kier molecular flexibility index (Phi) is 4.96. The predicted octanol–water partition coefficient (Wildman–Crippen LogP) is 4.16. The second kappa shape index (κ2) is 7.70. The van der Waals surface area contributed by atoms with Crippen LogP contribution in [0.5, 0.6) is 0 Å². The molecule has 27 heavy (non-hydrogen) atoms. The van der Waals surface area contributed by atoms with Crippen LogP contribution in [0.3, 0.4) is 0 Å². The Morgan fingerprint density at radius 2 is 1.81 bits per heavy atom. The molecule has 5 nitrogen and oxygen atoms in total. The summed E-state index contributed by atoms with van der Waals surface area (Å²) < 4.78 is 15.5. The molecular formula is C21H21FN4O. The van der Waals surface area contributed by atoms with Crippen molar-refractivity contribution in [3.8, 4) is 5.69 Å². The molecule has 2 heterocycles. The lowest BCUT2D eigenvalue weighted by molar-refractivity contribution is 0.0680. The summed E-state index contributed by atoms with van der Waals surface area (Å²) in [6.45, 7) is 0.677. The number of halogens is 1. The third-order valence-electron chi connectivity index (χ3n) is 5.06. The number of carbonyl (C=O) groups is 1. The van der Waals surface area contributed by atoms with Crippen LogP contribution in [0.25, 0.3) is 5.69 Å². The van der Waals surface area contributed by atoms with Gasteiger partial charge in [-0.05, 0) is 48.7 Å². The summed E-state index contributed by atoms with van der Waals surface area (Å²) in [5.41, 5.74) is 2.31. The number of nitrogens with zero attached hydrogens (tertiary/aromatic N) is 4. The molecule has 0 aliphatic carbocycles. The molecule has 6 heteroatoms. The van der Waals surface area contributed by atoms with E-state index in [0.717, 1.165) is 36.9 Å². The van der Waals surface area contributed by atoms with Crippen LogP contribution in [0.4, 0.5) is 4.39 Å². The number of hydrogen-bond donors (Lipinski definition) is 0. The Labute approximate surface area is 157 Å². The Hall–Kier alpha value is -3.02. The van der Waals surface area contributed by atoms with E-state index in [9.17, 15) is 9.18 Å². The molecule has 4 rings (SSSR count). The van der Waals surface area contributed by atoms with Gasteiger partial charge >= 0.3 is 0 Å². The van der Waals surface area contributed by atoms with Crippen LogP contribution in [0.1, 0.15) is 47.6 Å². The summed E-state index contributed by atoms with van der Waals surface area (Å²) in [7, 11) is 0. The second-order valence-electron chi connectivity index (χ2n) is 6.84. The van der Waals surface area contributed by atoms with Crippen LogP contribution >= 0.6 is 0 Å². The second-order valence-corrected chi connectivity index (χ2v) is 6.84. The van der Waals surface area contributed by atoms with Gasteiger partial charge in [0, 0.05) is 17.8 Å². The number of aromatic nitrogens is 3. The van der Waals surface area contributed by atoms with E-state index in [2.05, 4.69) is 10.2 Å². The minimum atomic E-state index is -0.265. The fraction of sp³-hybridized carbons (Fsp3) is 0.286. The summed E-state index contributed by atoms with van der Waals surface area (Å²) in [6.07, 6.45) is 7.13. The fourth-order valence-corrected chi connectivity index (χ4v) is 3.71. The molecule has 1 aromatic heterocycles. The largest absolute Gasteiger partial charge is 0.332 e. The van der Waals surface area contributed by atoms with Crippen LogP contribution in [-0.4, -0.2) is 32.1 Å². The molecule has 0 N–H and O–H groups in total. The first kappa shape index (κ1) is 17.4. The highest BCUT2D eigenvalue weighted by atomic mass is 19.1. The molecule has 0 spiro atoms. The fourth-order valence-electron chi connectivity index (χ4n) is 3.71. The first-order valence-corrected chi connectivity index (χ1v) is 9.24. The topological polar surface area (TPSA) is 51.0 Å². The van der Waals surface area contributed by atoms with Gasteiger partial charge in [-0.25, -0.2) is 4.39 Å². The van der Waals surface area contributed by atoms with Crippen molar-refractivity contribution >= 4 is 5.91 Å². The van der Waals surface area contributed by atoms with Crippen LogP contribution in [0.15, 0.2) is 61.2 Å². The van der Waals surface area contributed by atoms with Crippen molar-refractivity contribution in [2.24, 2.45) is 0 Å². The van der Waals surface area contributed by atoms with E-state index in [4.69, 9.17) is 0 Å². The van der Waals surface area contributed by atoms with Crippen LogP contribution < -0.4 is 0 Å². The van der Waals surface area contributed by atoms with Crippen molar-refractivity contribution in [1.82, 2.24) is 19.7 Å². The summed E-state index contributed by atoms with van der Waals surface area (Å²) in [6, 6.07) is 13.9. The molecule has 0 unspecified atom stereocenters. The molecular weight excluding hydrogens is 343 g/mol. The lowest BCUT2D eigenvalue weighted by atomic mass is 10.00. The molecule has 0 bridgehead atoms. The molecule has 1 saturated heterocycles. The third-order valence-corrected chi connectivity index (χ3v) is 5.06. The highest BCUT2D eigenvalue weighted by Crippen LogP contribution is 2.32. The lowest BCUT2D eigenvalue weighted by Crippen LogP contribution is -2.35. The highest BCUT2D eigenvalue weighted by Gasteiger charge is 2.28. The van der Waals surface area contributed by atoms with Gasteiger partial charge < -0.3 is 4.90 Å². The number of carbonyl (C=O) groups excluding carboxylic acids is 1. The zero-order chi connectivity index (χ0) is 18.6. The van der Waals surface area contributed by atoms with Gasteiger partial charge in [-0.3, -0.25) is 9.36 Å². The minimum Gasteiger partial charge on any atom is -0.332 e. The van der Waals surface area contributed by atoms with Crippen LogP contribution in [-0.2, 0) is 0 Å². The zero-order valence-corrected chi connectivity index (χ0v) is 15.0. The van der Waals surface area contributed by atoms with Crippen molar-refractivity contribution in [3.63, 3.8) is 0 Å². The molecule has 1 aliphatic heterocycles. The molecule has 2 aromatic carbocycles. The molecule has 0 radical (unpaired) electrons. The SMILES string of the molecule is O=C(c1cccc(-n2cnnc2)c1)N1CCCCC[C@H]1c1cccc(F)c1. The molecule has 1 amide bonds. The normalized spacial score (nSPS) is 17.5. The maximum atomic E-state index is 13.8. The van der Waals surface area contributed by atoms with E-state index < -0.39 is 0 Å². The Morgan fingerprint density at radius 3 is 2.63 bits per heavy atom.